The fourth-order valence-electron chi connectivity index (χ4n) is 2.24. The maximum Gasteiger partial charge on any atom is 0.387 e. The molecule has 2 rings (SSSR count). The number of thioether (sulfide) groups is 1. The zero-order chi connectivity index (χ0) is 19.5. The number of nitrogens with one attached hydrogen (secondary N) is 2. The Bertz CT molecular complexity index is 717. The first kappa shape index (κ1) is 20.8. The number of halogens is 2. The van der Waals surface area contributed by atoms with Gasteiger partial charge in [0.25, 0.3) is 0 Å². The maximum absolute atomic E-state index is 12.3. The normalized spacial score (nSPS) is 10.5. The number of alkyl halides is 2. The summed E-state index contributed by atoms with van der Waals surface area (Å²) in [6, 6.07) is 14.3. The Hall–Kier alpha value is -2.48. The lowest BCUT2D eigenvalue weighted by atomic mass is 10.2. The molecule has 2 aromatic carbocycles. The minimum absolute atomic E-state index is 0.0448. The van der Waals surface area contributed by atoms with E-state index in [4.69, 9.17) is 4.74 Å². The predicted molar refractivity (Wildman–Crippen MR) is 102 cm³/mol. The molecule has 0 unspecified atom stereocenters. The van der Waals surface area contributed by atoms with Crippen molar-refractivity contribution in [3.05, 3.63) is 54.1 Å². The Morgan fingerprint density at radius 3 is 2.59 bits per heavy atom. The molecule has 146 valence electrons. The van der Waals surface area contributed by atoms with Gasteiger partial charge in [-0.3, -0.25) is 0 Å². The van der Waals surface area contributed by atoms with Gasteiger partial charge in [-0.05, 0) is 42.0 Å². The van der Waals surface area contributed by atoms with E-state index in [1.54, 1.807) is 23.9 Å². The van der Waals surface area contributed by atoms with Crippen molar-refractivity contribution >= 4 is 17.8 Å². The monoisotopic (exact) mass is 396 g/mol. The van der Waals surface area contributed by atoms with Gasteiger partial charge in [-0.1, -0.05) is 24.3 Å². The van der Waals surface area contributed by atoms with Gasteiger partial charge in [-0.2, -0.15) is 8.78 Å². The van der Waals surface area contributed by atoms with Crippen molar-refractivity contribution in [2.24, 2.45) is 0 Å². The predicted octanol–water partition coefficient (Wildman–Crippen LogP) is 4.28. The Kier molecular flexibility index (Phi) is 8.70. The Morgan fingerprint density at radius 2 is 1.89 bits per heavy atom. The number of rotatable bonds is 10. The molecule has 0 aliphatic carbocycles. The topological polar surface area (TPSA) is 59.6 Å². The van der Waals surface area contributed by atoms with Gasteiger partial charge in [-0.25, -0.2) is 4.79 Å². The molecule has 0 saturated carbocycles. The van der Waals surface area contributed by atoms with Crippen LogP contribution in [0.2, 0.25) is 0 Å². The number of urea groups is 1. The molecule has 0 aliphatic rings. The molecule has 2 amide bonds. The first-order chi connectivity index (χ1) is 13.1. The van der Waals surface area contributed by atoms with Crippen molar-refractivity contribution < 1.29 is 23.0 Å². The van der Waals surface area contributed by atoms with Crippen LogP contribution >= 0.6 is 11.8 Å². The second kappa shape index (κ2) is 11.3. The zero-order valence-corrected chi connectivity index (χ0v) is 15.7. The van der Waals surface area contributed by atoms with Crippen molar-refractivity contribution in [3.8, 4) is 11.5 Å². The van der Waals surface area contributed by atoms with Crippen molar-refractivity contribution in [2.45, 2.75) is 24.5 Å². The highest BCUT2D eigenvalue weighted by molar-refractivity contribution is 7.99. The fraction of sp³-hybridized carbons (Fsp3) is 0.316. The van der Waals surface area contributed by atoms with Gasteiger partial charge in [0.15, 0.2) is 11.5 Å². The molecule has 0 aliphatic heterocycles. The van der Waals surface area contributed by atoms with Crippen LogP contribution in [-0.2, 0) is 6.54 Å². The lowest BCUT2D eigenvalue weighted by Gasteiger charge is -2.12. The smallest absolute Gasteiger partial charge is 0.387 e. The van der Waals surface area contributed by atoms with E-state index in [0.717, 1.165) is 12.2 Å². The van der Waals surface area contributed by atoms with Crippen molar-refractivity contribution in [3.63, 3.8) is 0 Å². The molecule has 27 heavy (non-hydrogen) atoms. The van der Waals surface area contributed by atoms with E-state index in [-0.39, 0.29) is 24.1 Å². The van der Waals surface area contributed by atoms with E-state index in [9.17, 15) is 13.6 Å². The van der Waals surface area contributed by atoms with Crippen molar-refractivity contribution in [2.75, 3.05) is 19.4 Å². The molecule has 5 nitrogen and oxygen atoms in total. The highest BCUT2D eigenvalue weighted by Crippen LogP contribution is 2.29. The van der Waals surface area contributed by atoms with Crippen molar-refractivity contribution in [1.82, 2.24) is 10.6 Å². The van der Waals surface area contributed by atoms with Gasteiger partial charge in [0.1, 0.15) is 0 Å². The van der Waals surface area contributed by atoms with E-state index in [0.29, 0.717) is 12.1 Å². The molecule has 2 N–H and O–H groups in total. The highest BCUT2D eigenvalue weighted by Gasteiger charge is 2.11. The lowest BCUT2D eigenvalue weighted by Crippen LogP contribution is -2.35. The van der Waals surface area contributed by atoms with Crippen LogP contribution in [0.3, 0.4) is 0 Å². The highest BCUT2D eigenvalue weighted by atomic mass is 32.2. The molecule has 0 fully saturated rings. The number of ether oxygens (including phenoxy) is 2. The van der Waals surface area contributed by atoms with Crippen LogP contribution in [0.25, 0.3) is 0 Å². The van der Waals surface area contributed by atoms with Crippen LogP contribution in [-0.4, -0.2) is 32.1 Å². The minimum Gasteiger partial charge on any atom is -0.493 e. The van der Waals surface area contributed by atoms with Crippen molar-refractivity contribution in [1.29, 1.82) is 0 Å². The second-order valence-electron chi connectivity index (χ2n) is 5.49. The van der Waals surface area contributed by atoms with E-state index in [1.807, 2.05) is 18.2 Å². The molecule has 0 spiro atoms. The summed E-state index contributed by atoms with van der Waals surface area (Å²) >= 11 is 1.74. The average Bonchev–Trinajstić information content (AvgIpc) is 2.67. The van der Waals surface area contributed by atoms with E-state index in [2.05, 4.69) is 27.5 Å². The molecule has 0 atom stereocenters. The summed E-state index contributed by atoms with van der Waals surface area (Å²) in [5.74, 6) is 1.05. The maximum atomic E-state index is 12.3. The fourth-order valence-corrected chi connectivity index (χ4v) is 3.11. The summed E-state index contributed by atoms with van der Waals surface area (Å²) in [6.07, 6.45) is 0.848. The summed E-state index contributed by atoms with van der Waals surface area (Å²) in [5, 5.41) is 5.50. The number of hydrogen-bond donors (Lipinski definition) is 2. The molecule has 0 bridgehead atoms. The molecule has 0 aromatic heterocycles. The summed E-state index contributed by atoms with van der Waals surface area (Å²) in [5.41, 5.74) is 0.711. The van der Waals surface area contributed by atoms with E-state index >= 15 is 0 Å². The van der Waals surface area contributed by atoms with Crippen LogP contribution in [0.4, 0.5) is 13.6 Å². The van der Waals surface area contributed by atoms with E-state index in [1.165, 1.54) is 18.1 Å². The minimum atomic E-state index is -2.92. The zero-order valence-electron chi connectivity index (χ0n) is 14.9. The van der Waals surface area contributed by atoms with Gasteiger partial charge < -0.3 is 20.1 Å². The number of amides is 2. The van der Waals surface area contributed by atoms with Crippen LogP contribution in [0, 0.1) is 0 Å². The molecule has 0 radical (unpaired) electrons. The van der Waals surface area contributed by atoms with Gasteiger partial charge in [0.2, 0.25) is 0 Å². The van der Waals surface area contributed by atoms with E-state index < -0.39 is 6.61 Å². The third-order valence-corrected chi connectivity index (χ3v) is 4.61. The largest absolute Gasteiger partial charge is 0.493 e. The Labute approximate surface area is 161 Å². The third kappa shape index (κ3) is 7.74. The standard InChI is InChI=1S/C19H22F2N2O3S/c1-25-17-12-14(8-9-16(17)26-18(20)21)13-23-19(24)22-10-5-11-27-15-6-3-2-4-7-15/h2-4,6-9,12,18H,5,10-11,13H2,1H3,(H2,22,23,24). The summed E-state index contributed by atoms with van der Waals surface area (Å²) < 4.78 is 34.0. The molecule has 0 heterocycles. The van der Waals surface area contributed by atoms with Gasteiger partial charge in [0, 0.05) is 18.0 Å². The number of carbonyl (C=O) groups excluding carboxylic acids is 1. The molecule has 8 heteroatoms. The summed E-state index contributed by atoms with van der Waals surface area (Å²) in [4.78, 5) is 13.0. The second-order valence-corrected chi connectivity index (χ2v) is 6.66. The summed E-state index contributed by atoms with van der Waals surface area (Å²) in [7, 11) is 1.37. The quantitative estimate of drug-likeness (QED) is 0.465. The first-order valence-corrected chi connectivity index (χ1v) is 9.38. The number of hydrogen-bond acceptors (Lipinski definition) is 4. The Morgan fingerprint density at radius 1 is 1.11 bits per heavy atom. The number of methoxy groups -OCH3 is 1. The number of benzene rings is 2. The van der Waals surface area contributed by atoms with Gasteiger partial charge in [-0.15, -0.1) is 11.8 Å². The third-order valence-electron chi connectivity index (χ3n) is 3.52. The van der Waals surface area contributed by atoms with Crippen LogP contribution in [0.15, 0.2) is 53.4 Å². The number of carbonyl (C=O) groups is 1. The molecule has 2 aromatic rings. The lowest BCUT2D eigenvalue weighted by molar-refractivity contribution is -0.0512. The molecular weight excluding hydrogens is 374 g/mol. The van der Waals surface area contributed by atoms with Crippen LogP contribution < -0.4 is 20.1 Å². The first-order valence-electron chi connectivity index (χ1n) is 8.39. The molecule has 0 saturated heterocycles. The summed E-state index contributed by atoms with van der Waals surface area (Å²) in [6.45, 7) is -2.11. The van der Waals surface area contributed by atoms with Crippen LogP contribution in [0.5, 0.6) is 11.5 Å². The SMILES string of the molecule is COc1cc(CNC(=O)NCCCSc2ccccc2)ccc1OC(F)F. The Balaban J connectivity index is 1.67. The van der Waals surface area contributed by atoms with Gasteiger partial charge in [0.05, 0.1) is 7.11 Å². The average molecular weight is 396 g/mol. The van der Waals surface area contributed by atoms with Crippen LogP contribution in [0.1, 0.15) is 12.0 Å². The molecular formula is C19H22F2N2O3S. The van der Waals surface area contributed by atoms with Gasteiger partial charge >= 0.3 is 12.6 Å².